The molecular formula is C23H27N3O4. The highest BCUT2D eigenvalue weighted by molar-refractivity contribution is 6.09. The second-order valence-electron chi connectivity index (χ2n) is 7.37. The number of urea groups is 1. The number of likely N-dealkylation sites (N-methyl/N-ethyl adjacent to an activating group) is 1. The van der Waals surface area contributed by atoms with Crippen LogP contribution in [0.5, 0.6) is 5.75 Å². The summed E-state index contributed by atoms with van der Waals surface area (Å²) in [6.07, 6.45) is 0.389. The van der Waals surface area contributed by atoms with E-state index in [4.69, 9.17) is 4.74 Å². The second-order valence-corrected chi connectivity index (χ2v) is 7.37. The third-order valence-corrected chi connectivity index (χ3v) is 5.83. The Morgan fingerprint density at radius 2 is 1.77 bits per heavy atom. The molecule has 0 radical (unpaired) electrons. The molecule has 0 spiro atoms. The quantitative estimate of drug-likeness (QED) is 0.713. The monoisotopic (exact) mass is 409 g/mol. The summed E-state index contributed by atoms with van der Waals surface area (Å²) >= 11 is 0. The molecule has 1 aliphatic rings. The van der Waals surface area contributed by atoms with Gasteiger partial charge in [0, 0.05) is 12.6 Å². The predicted octanol–water partition coefficient (Wildman–Crippen LogP) is 3.07. The zero-order chi connectivity index (χ0) is 21.9. The van der Waals surface area contributed by atoms with E-state index >= 15 is 0 Å². The maximum atomic E-state index is 13.2. The van der Waals surface area contributed by atoms with Crippen LogP contribution in [0.2, 0.25) is 0 Å². The van der Waals surface area contributed by atoms with Crippen LogP contribution in [0.25, 0.3) is 0 Å². The number of benzene rings is 2. The van der Waals surface area contributed by atoms with Crippen molar-refractivity contribution in [2.45, 2.75) is 31.8 Å². The predicted molar refractivity (Wildman–Crippen MR) is 113 cm³/mol. The molecule has 2 aromatic rings. The maximum absolute atomic E-state index is 13.2. The third-order valence-electron chi connectivity index (χ3n) is 5.83. The summed E-state index contributed by atoms with van der Waals surface area (Å²) in [4.78, 5) is 41.3. The molecule has 0 saturated carbocycles. The van der Waals surface area contributed by atoms with Gasteiger partial charge in [-0.1, -0.05) is 55.5 Å². The molecule has 3 rings (SSSR count). The Morgan fingerprint density at radius 3 is 2.40 bits per heavy atom. The Morgan fingerprint density at radius 1 is 1.13 bits per heavy atom. The molecule has 30 heavy (non-hydrogen) atoms. The average molecular weight is 409 g/mol. The van der Waals surface area contributed by atoms with Gasteiger partial charge in [0.25, 0.3) is 5.91 Å². The van der Waals surface area contributed by atoms with Crippen LogP contribution in [0, 0.1) is 0 Å². The van der Waals surface area contributed by atoms with E-state index in [9.17, 15) is 14.4 Å². The molecule has 4 amide bonds. The number of carbonyl (C=O) groups excluding carboxylic acids is 3. The van der Waals surface area contributed by atoms with Crippen molar-refractivity contribution in [3.05, 3.63) is 65.7 Å². The molecule has 2 atom stereocenters. The number of nitrogens with zero attached hydrogens (tertiary/aromatic N) is 2. The summed E-state index contributed by atoms with van der Waals surface area (Å²) in [5.41, 5.74) is 0.405. The molecule has 7 heteroatoms. The van der Waals surface area contributed by atoms with Gasteiger partial charge in [0.05, 0.1) is 13.2 Å². The number of para-hydroxylation sites is 1. The number of methoxy groups -OCH3 is 1. The fourth-order valence-electron chi connectivity index (χ4n) is 3.81. The van der Waals surface area contributed by atoms with Crippen molar-refractivity contribution in [1.82, 2.24) is 15.1 Å². The number of amides is 4. The number of hydrogen-bond donors (Lipinski definition) is 1. The van der Waals surface area contributed by atoms with Gasteiger partial charge in [0.1, 0.15) is 17.8 Å². The number of carbonyl (C=O) groups is 3. The Labute approximate surface area is 176 Å². The van der Waals surface area contributed by atoms with Gasteiger partial charge in [-0.3, -0.25) is 14.5 Å². The Bertz CT molecular complexity index is 946. The van der Waals surface area contributed by atoms with Crippen molar-refractivity contribution in [3.63, 3.8) is 0 Å². The molecule has 1 heterocycles. The molecule has 1 fully saturated rings. The zero-order valence-electron chi connectivity index (χ0n) is 17.7. The van der Waals surface area contributed by atoms with Crippen molar-refractivity contribution >= 4 is 17.8 Å². The molecule has 0 aliphatic carbocycles. The van der Waals surface area contributed by atoms with Crippen LogP contribution in [0.3, 0.4) is 0 Å². The van der Waals surface area contributed by atoms with Crippen LogP contribution in [0.1, 0.15) is 37.4 Å². The van der Waals surface area contributed by atoms with Crippen LogP contribution < -0.4 is 10.1 Å². The summed E-state index contributed by atoms with van der Waals surface area (Å²) < 4.78 is 5.39. The number of ether oxygens (including phenoxy) is 1. The van der Waals surface area contributed by atoms with Gasteiger partial charge in [-0.15, -0.1) is 0 Å². The van der Waals surface area contributed by atoms with Gasteiger partial charge in [-0.2, -0.15) is 0 Å². The van der Waals surface area contributed by atoms with E-state index in [-0.39, 0.29) is 18.5 Å². The molecule has 2 unspecified atom stereocenters. The maximum Gasteiger partial charge on any atom is 0.325 e. The lowest BCUT2D eigenvalue weighted by molar-refractivity contribution is -0.139. The first kappa shape index (κ1) is 21.4. The van der Waals surface area contributed by atoms with Crippen LogP contribution in [-0.2, 0) is 15.1 Å². The van der Waals surface area contributed by atoms with E-state index in [0.29, 0.717) is 17.7 Å². The molecule has 0 aromatic heterocycles. The second kappa shape index (κ2) is 8.57. The van der Waals surface area contributed by atoms with E-state index in [1.54, 1.807) is 14.2 Å². The highest BCUT2D eigenvalue weighted by Crippen LogP contribution is 2.33. The summed E-state index contributed by atoms with van der Waals surface area (Å²) in [6.45, 7) is 3.39. The van der Waals surface area contributed by atoms with Crippen molar-refractivity contribution in [1.29, 1.82) is 0 Å². The summed E-state index contributed by atoms with van der Waals surface area (Å²) in [7, 11) is 3.23. The molecule has 2 aromatic carbocycles. The van der Waals surface area contributed by atoms with Gasteiger partial charge >= 0.3 is 6.03 Å². The summed E-state index contributed by atoms with van der Waals surface area (Å²) in [6, 6.07) is 15.7. The van der Waals surface area contributed by atoms with Gasteiger partial charge in [-0.25, -0.2) is 4.79 Å². The third kappa shape index (κ3) is 3.63. The van der Waals surface area contributed by atoms with E-state index in [1.807, 2.05) is 68.4 Å². The Balaban J connectivity index is 1.79. The smallest absolute Gasteiger partial charge is 0.325 e. The first-order valence-corrected chi connectivity index (χ1v) is 9.94. The normalized spacial score (nSPS) is 19.4. The lowest BCUT2D eigenvalue weighted by atomic mass is 9.87. The van der Waals surface area contributed by atoms with Crippen LogP contribution >= 0.6 is 0 Å². The van der Waals surface area contributed by atoms with Crippen molar-refractivity contribution in [2.75, 3.05) is 20.7 Å². The fraction of sp³-hybridized carbons (Fsp3) is 0.348. The van der Waals surface area contributed by atoms with Crippen molar-refractivity contribution in [3.8, 4) is 5.75 Å². The molecular weight excluding hydrogens is 382 g/mol. The average Bonchev–Trinajstić information content (AvgIpc) is 3.03. The first-order valence-electron chi connectivity index (χ1n) is 9.94. The summed E-state index contributed by atoms with van der Waals surface area (Å²) in [5, 5.41) is 2.80. The molecule has 1 saturated heterocycles. The molecule has 0 bridgehead atoms. The van der Waals surface area contributed by atoms with E-state index < -0.39 is 17.5 Å². The zero-order valence-corrected chi connectivity index (χ0v) is 17.7. The SMILES string of the molecule is CCC1(c2ccccc2)NC(=O)N(CC(=O)N(C)C(C)c2ccccc2OC)C1=O. The Hall–Kier alpha value is -3.35. The number of imide groups is 1. The van der Waals surface area contributed by atoms with E-state index in [2.05, 4.69) is 5.32 Å². The van der Waals surface area contributed by atoms with Crippen LogP contribution in [-0.4, -0.2) is 48.3 Å². The number of nitrogens with one attached hydrogen (secondary N) is 1. The minimum Gasteiger partial charge on any atom is -0.496 e. The molecule has 158 valence electrons. The topological polar surface area (TPSA) is 79.0 Å². The molecule has 1 aliphatic heterocycles. The van der Waals surface area contributed by atoms with Crippen LogP contribution in [0.15, 0.2) is 54.6 Å². The molecule has 7 nitrogen and oxygen atoms in total. The highest BCUT2D eigenvalue weighted by atomic mass is 16.5. The minimum atomic E-state index is -1.15. The summed E-state index contributed by atoms with van der Waals surface area (Å²) in [5.74, 6) is -0.0708. The van der Waals surface area contributed by atoms with Gasteiger partial charge in [0.15, 0.2) is 0 Å². The minimum absolute atomic E-state index is 0.292. The largest absolute Gasteiger partial charge is 0.496 e. The van der Waals surface area contributed by atoms with E-state index in [0.717, 1.165) is 10.5 Å². The lowest BCUT2D eigenvalue weighted by Crippen LogP contribution is -2.45. The van der Waals surface area contributed by atoms with Gasteiger partial charge in [0.2, 0.25) is 5.91 Å². The molecule has 1 N–H and O–H groups in total. The standard InChI is InChI=1S/C23H27N3O4/c1-5-23(17-11-7-6-8-12-17)21(28)26(22(29)24-23)15-20(27)25(3)16(2)18-13-9-10-14-19(18)30-4/h6-14,16H,5,15H2,1-4H3,(H,24,29). The first-order chi connectivity index (χ1) is 14.4. The van der Waals surface area contributed by atoms with E-state index in [1.165, 1.54) is 4.90 Å². The fourth-order valence-corrected chi connectivity index (χ4v) is 3.81. The Kier molecular flexibility index (Phi) is 6.10. The van der Waals surface area contributed by atoms with Gasteiger partial charge < -0.3 is 15.0 Å². The van der Waals surface area contributed by atoms with Crippen molar-refractivity contribution < 1.29 is 19.1 Å². The number of hydrogen-bond acceptors (Lipinski definition) is 4. The number of rotatable bonds is 7. The lowest BCUT2D eigenvalue weighted by Gasteiger charge is -2.28. The van der Waals surface area contributed by atoms with Crippen LogP contribution in [0.4, 0.5) is 4.79 Å². The highest BCUT2D eigenvalue weighted by Gasteiger charge is 2.51. The van der Waals surface area contributed by atoms with Crippen molar-refractivity contribution in [2.24, 2.45) is 0 Å². The van der Waals surface area contributed by atoms with Gasteiger partial charge in [-0.05, 0) is 25.0 Å².